The van der Waals surface area contributed by atoms with Crippen LogP contribution in [0.3, 0.4) is 0 Å². The summed E-state index contributed by atoms with van der Waals surface area (Å²) in [5, 5.41) is 0. The second-order valence-electron chi connectivity index (χ2n) is 8.70. The molecule has 1 amide bonds. The highest BCUT2D eigenvalue weighted by Crippen LogP contribution is 2.35. The van der Waals surface area contributed by atoms with Gasteiger partial charge in [0.25, 0.3) is 5.91 Å². The van der Waals surface area contributed by atoms with Crippen LogP contribution in [0, 0.1) is 32.6 Å². The largest absolute Gasteiger partial charge is 0.354 e. The molecule has 2 atom stereocenters. The first kappa shape index (κ1) is 21.9. The topological polar surface area (TPSA) is 74.1 Å². The lowest BCUT2D eigenvalue weighted by Crippen LogP contribution is -2.34. The van der Waals surface area contributed by atoms with Gasteiger partial charge in [-0.15, -0.1) is 0 Å². The Hall–Kier alpha value is -3.35. The van der Waals surface area contributed by atoms with Crippen LogP contribution in [-0.4, -0.2) is 59.5 Å². The summed E-state index contributed by atoms with van der Waals surface area (Å²) in [5.41, 5.74) is 4.27. The van der Waals surface area contributed by atoms with Gasteiger partial charge in [-0.1, -0.05) is 23.8 Å². The molecule has 1 aromatic heterocycles. The SMILES string of the molecule is C=N/C(=N\C=C/C)c1ccc(C)cc1C(=O)N1CC2CN(c3nc(C)cnc3C)CC2C1. The highest BCUT2D eigenvalue weighted by Gasteiger charge is 2.42. The monoisotopic (exact) mass is 430 g/mol. The Morgan fingerprint density at radius 1 is 1.12 bits per heavy atom. The lowest BCUT2D eigenvalue weighted by molar-refractivity contribution is 0.0782. The average molecular weight is 431 g/mol. The van der Waals surface area contributed by atoms with Crippen LogP contribution < -0.4 is 4.90 Å². The number of aryl methyl sites for hydroxylation is 3. The van der Waals surface area contributed by atoms with Crippen LogP contribution in [0.4, 0.5) is 5.82 Å². The molecule has 2 aliphatic heterocycles. The van der Waals surface area contributed by atoms with E-state index in [0.717, 1.165) is 54.5 Å². The van der Waals surface area contributed by atoms with Crippen molar-refractivity contribution >= 4 is 24.3 Å². The lowest BCUT2D eigenvalue weighted by atomic mass is 10.0. The zero-order chi connectivity index (χ0) is 22.8. The average Bonchev–Trinajstić information content (AvgIpc) is 3.35. The van der Waals surface area contributed by atoms with Crippen LogP contribution in [0.25, 0.3) is 0 Å². The van der Waals surface area contributed by atoms with Crippen LogP contribution in [0.15, 0.2) is 46.7 Å². The Morgan fingerprint density at radius 3 is 2.50 bits per heavy atom. The molecule has 0 bridgehead atoms. The normalized spacial score (nSPS) is 20.8. The molecule has 0 radical (unpaired) electrons. The fraction of sp³-hybridized carbons (Fsp3) is 0.400. The van der Waals surface area contributed by atoms with Gasteiger partial charge in [-0.25, -0.2) is 15.0 Å². The van der Waals surface area contributed by atoms with Gasteiger partial charge in [0.15, 0.2) is 5.84 Å². The van der Waals surface area contributed by atoms with Crippen molar-refractivity contribution in [1.82, 2.24) is 14.9 Å². The molecule has 166 valence electrons. The van der Waals surface area contributed by atoms with Gasteiger partial charge in [0.05, 0.1) is 17.0 Å². The molecule has 0 N–H and O–H groups in total. The van der Waals surface area contributed by atoms with Crippen molar-refractivity contribution in [1.29, 1.82) is 0 Å². The first-order chi connectivity index (χ1) is 15.4. The number of likely N-dealkylation sites (tertiary alicyclic amines) is 1. The number of carbonyl (C=O) groups is 1. The van der Waals surface area contributed by atoms with Gasteiger partial charge in [-0.05, 0) is 40.5 Å². The molecule has 1 aromatic carbocycles. The fourth-order valence-electron chi connectivity index (χ4n) is 4.70. The molecule has 2 fully saturated rings. The quantitative estimate of drug-likeness (QED) is 0.549. The molecular formula is C25H30N6O. The van der Waals surface area contributed by atoms with Crippen LogP contribution >= 0.6 is 0 Å². The van der Waals surface area contributed by atoms with E-state index >= 15 is 0 Å². The number of allylic oxidation sites excluding steroid dienone is 1. The Kier molecular flexibility index (Phi) is 6.17. The Labute approximate surface area is 189 Å². The summed E-state index contributed by atoms with van der Waals surface area (Å²) >= 11 is 0. The van der Waals surface area contributed by atoms with Gasteiger partial charge in [-0.3, -0.25) is 9.78 Å². The molecule has 2 unspecified atom stereocenters. The first-order valence-electron chi connectivity index (χ1n) is 11.0. The van der Waals surface area contributed by atoms with Gasteiger partial charge < -0.3 is 9.80 Å². The third-order valence-corrected chi connectivity index (χ3v) is 6.27. The highest BCUT2D eigenvalue weighted by molar-refractivity contribution is 6.11. The number of benzene rings is 1. The molecular weight excluding hydrogens is 400 g/mol. The third-order valence-electron chi connectivity index (χ3n) is 6.27. The van der Waals surface area contributed by atoms with Crippen molar-refractivity contribution in [3.63, 3.8) is 0 Å². The Bertz CT molecular complexity index is 1090. The van der Waals surface area contributed by atoms with Crippen molar-refractivity contribution < 1.29 is 4.79 Å². The lowest BCUT2D eigenvalue weighted by Gasteiger charge is -2.24. The Morgan fingerprint density at radius 2 is 1.84 bits per heavy atom. The zero-order valence-electron chi connectivity index (χ0n) is 19.2. The molecule has 7 heteroatoms. The zero-order valence-corrected chi connectivity index (χ0v) is 19.2. The number of amides is 1. The predicted molar refractivity (Wildman–Crippen MR) is 129 cm³/mol. The van der Waals surface area contributed by atoms with Crippen LogP contribution in [0.5, 0.6) is 0 Å². The number of anilines is 1. The molecule has 2 saturated heterocycles. The molecule has 4 rings (SSSR count). The van der Waals surface area contributed by atoms with E-state index in [-0.39, 0.29) is 5.91 Å². The van der Waals surface area contributed by atoms with E-state index < -0.39 is 0 Å². The van der Waals surface area contributed by atoms with Gasteiger partial charge in [0.2, 0.25) is 0 Å². The maximum absolute atomic E-state index is 13.6. The van der Waals surface area contributed by atoms with Crippen LogP contribution in [0.2, 0.25) is 0 Å². The second kappa shape index (κ2) is 9.02. The maximum Gasteiger partial charge on any atom is 0.254 e. The van der Waals surface area contributed by atoms with Crippen molar-refractivity contribution in [2.45, 2.75) is 27.7 Å². The van der Waals surface area contributed by atoms with Gasteiger partial charge in [-0.2, -0.15) is 0 Å². The molecule has 0 aliphatic carbocycles. The first-order valence-corrected chi connectivity index (χ1v) is 11.0. The molecule has 32 heavy (non-hydrogen) atoms. The van der Waals surface area contributed by atoms with Crippen molar-refractivity contribution in [3.05, 3.63) is 64.8 Å². The minimum atomic E-state index is 0.0352. The number of carbonyl (C=O) groups excluding carboxylic acids is 1. The molecule has 0 spiro atoms. The molecule has 7 nitrogen and oxygen atoms in total. The number of hydrogen-bond acceptors (Lipinski definition) is 5. The number of amidine groups is 1. The standard InChI is InChI=1S/C25H30N6O/c1-6-9-27-23(26-5)21-8-7-16(2)10-22(21)25(32)31-14-19-12-30(13-20(19)15-31)24-18(4)28-11-17(3)29-24/h6-11,19-20H,5,12-15H2,1-4H3/b9-6-,27-23-. The number of fused-ring (bicyclic) bond motifs is 1. The van der Waals surface area contributed by atoms with Crippen LogP contribution in [0.1, 0.15) is 39.8 Å². The summed E-state index contributed by atoms with van der Waals surface area (Å²) in [6.07, 6.45) is 5.30. The molecule has 2 aliphatic rings. The van der Waals surface area contributed by atoms with E-state index in [0.29, 0.717) is 23.2 Å². The van der Waals surface area contributed by atoms with Gasteiger partial charge in [0.1, 0.15) is 5.82 Å². The van der Waals surface area contributed by atoms with E-state index in [1.165, 1.54) is 0 Å². The fourth-order valence-corrected chi connectivity index (χ4v) is 4.70. The number of nitrogens with zero attached hydrogens (tertiary/aromatic N) is 6. The van der Waals surface area contributed by atoms with Crippen molar-refractivity contribution in [2.75, 3.05) is 31.1 Å². The maximum atomic E-state index is 13.6. The molecule has 0 saturated carbocycles. The number of aromatic nitrogens is 2. The summed E-state index contributed by atoms with van der Waals surface area (Å²) < 4.78 is 0. The van der Waals surface area contributed by atoms with E-state index in [1.807, 2.05) is 63.1 Å². The van der Waals surface area contributed by atoms with Gasteiger partial charge >= 0.3 is 0 Å². The number of hydrogen-bond donors (Lipinski definition) is 0. The van der Waals surface area contributed by atoms with Crippen LogP contribution in [-0.2, 0) is 0 Å². The summed E-state index contributed by atoms with van der Waals surface area (Å²) in [4.78, 5) is 35.5. The van der Waals surface area contributed by atoms with Gasteiger partial charge in [0, 0.05) is 56.0 Å². The molecule has 3 heterocycles. The van der Waals surface area contributed by atoms with Crippen molar-refractivity contribution in [2.24, 2.45) is 21.8 Å². The summed E-state index contributed by atoms with van der Waals surface area (Å²) in [6.45, 7) is 14.8. The Balaban J connectivity index is 1.53. The number of rotatable bonds is 4. The van der Waals surface area contributed by atoms with E-state index in [2.05, 4.69) is 26.6 Å². The predicted octanol–water partition coefficient (Wildman–Crippen LogP) is 3.59. The summed E-state index contributed by atoms with van der Waals surface area (Å²) in [7, 11) is 0. The van der Waals surface area contributed by atoms with E-state index in [4.69, 9.17) is 4.98 Å². The van der Waals surface area contributed by atoms with E-state index in [1.54, 1.807) is 6.20 Å². The number of aliphatic imine (C=N–C) groups is 2. The second-order valence-corrected chi connectivity index (χ2v) is 8.70. The summed E-state index contributed by atoms with van der Waals surface area (Å²) in [6, 6.07) is 5.82. The van der Waals surface area contributed by atoms with Crippen molar-refractivity contribution in [3.8, 4) is 0 Å². The minimum Gasteiger partial charge on any atom is -0.354 e. The van der Waals surface area contributed by atoms with E-state index in [9.17, 15) is 4.79 Å². The minimum absolute atomic E-state index is 0.0352. The highest BCUT2D eigenvalue weighted by atomic mass is 16.2. The third kappa shape index (κ3) is 4.20. The smallest absolute Gasteiger partial charge is 0.254 e. The molecule has 2 aromatic rings. The summed E-state index contributed by atoms with van der Waals surface area (Å²) in [5.74, 6) is 2.34.